The molecule has 1 aliphatic rings. The van der Waals surface area contributed by atoms with Gasteiger partial charge in [0.25, 0.3) is 0 Å². The first-order valence-electron chi connectivity index (χ1n) is 16.9. The van der Waals surface area contributed by atoms with Gasteiger partial charge in [0.1, 0.15) is 24.4 Å². The van der Waals surface area contributed by atoms with Gasteiger partial charge in [0.05, 0.1) is 25.4 Å². The molecule has 0 aliphatic carbocycles. The van der Waals surface area contributed by atoms with Gasteiger partial charge >= 0.3 is 0 Å². The average molecular weight is 624 g/mol. The van der Waals surface area contributed by atoms with Crippen molar-refractivity contribution in [3.63, 3.8) is 0 Å². The number of ether oxygens (including phenoxy) is 2. The Hall–Kier alpha value is -1.85. The molecule has 44 heavy (non-hydrogen) atoms. The zero-order chi connectivity index (χ0) is 32.4. The topological polar surface area (TPSA) is 149 Å². The molecule has 1 fully saturated rings. The molecule has 0 aromatic heterocycles. The van der Waals surface area contributed by atoms with Gasteiger partial charge in [-0.2, -0.15) is 0 Å². The Morgan fingerprint density at radius 3 is 2.02 bits per heavy atom. The lowest BCUT2D eigenvalue weighted by Crippen LogP contribution is -2.60. The third-order valence-corrected chi connectivity index (χ3v) is 7.62. The Bertz CT molecular complexity index is 828. The fraction of sp³-hybridized carbons (Fsp3) is 0.743. The van der Waals surface area contributed by atoms with E-state index in [0.29, 0.717) is 6.42 Å². The van der Waals surface area contributed by atoms with E-state index in [-0.39, 0.29) is 12.5 Å². The summed E-state index contributed by atoms with van der Waals surface area (Å²) in [7, 11) is 0. The number of hydrogen-bond donors (Lipinski definition) is 6. The number of carbonyl (C=O) groups is 1. The van der Waals surface area contributed by atoms with Crippen LogP contribution in [0.3, 0.4) is 0 Å². The first-order valence-corrected chi connectivity index (χ1v) is 16.9. The molecule has 1 rings (SSSR count). The summed E-state index contributed by atoms with van der Waals surface area (Å²) in [5.41, 5.74) is 0. The van der Waals surface area contributed by atoms with E-state index in [1.54, 1.807) is 6.08 Å². The molecule has 1 aliphatic heterocycles. The maximum Gasteiger partial charge on any atom is 0.220 e. The molecule has 254 valence electrons. The molecule has 1 heterocycles. The maximum atomic E-state index is 12.8. The number of nitrogens with one attached hydrogen (secondary N) is 1. The Labute approximate surface area is 265 Å². The molecule has 0 bridgehead atoms. The normalized spacial score (nSPS) is 24.2. The van der Waals surface area contributed by atoms with E-state index in [1.165, 1.54) is 12.8 Å². The lowest BCUT2D eigenvalue weighted by atomic mass is 9.99. The predicted octanol–water partition coefficient (Wildman–Crippen LogP) is 4.76. The second-order valence-electron chi connectivity index (χ2n) is 11.5. The van der Waals surface area contributed by atoms with Crippen LogP contribution in [-0.4, -0.2) is 87.5 Å². The minimum absolute atomic E-state index is 0.209. The van der Waals surface area contributed by atoms with Crippen LogP contribution in [0.15, 0.2) is 48.6 Å². The SMILES string of the molecule is CC/C=C/CC/C=C/CC/C=C/C(O)C(COC1OC(CO)C(O)C(O)C1O)NC(=O)CCCCCCC/C=C\CCCC. The molecular formula is C35H61NO8. The summed E-state index contributed by atoms with van der Waals surface area (Å²) < 4.78 is 11.1. The molecule has 9 nitrogen and oxygen atoms in total. The lowest BCUT2D eigenvalue weighted by Gasteiger charge is -2.40. The first kappa shape index (κ1) is 40.2. The van der Waals surface area contributed by atoms with Crippen LogP contribution >= 0.6 is 0 Å². The lowest BCUT2D eigenvalue weighted by molar-refractivity contribution is -0.302. The summed E-state index contributed by atoms with van der Waals surface area (Å²) in [4.78, 5) is 12.8. The van der Waals surface area contributed by atoms with Crippen molar-refractivity contribution in [2.45, 2.75) is 153 Å². The second kappa shape index (κ2) is 26.4. The van der Waals surface area contributed by atoms with E-state index in [4.69, 9.17) is 9.47 Å². The van der Waals surface area contributed by atoms with E-state index in [1.807, 2.05) is 6.08 Å². The molecule has 0 spiro atoms. The number of aliphatic hydroxyl groups excluding tert-OH is 5. The van der Waals surface area contributed by atoms with Gasteiger partial charge < -0.3 is 40.3 Å². The van der Waals surface area contributed by atoms with Crippen LogP contribution in [0.25, 0.3) is 0 Å². The highest BCUT2D eigenvalue weighted by molar-refractivity contribution is 5.76. The zero-order valence-corrected chi connectivity index (χ0v) is 27.1. The van der Waals surface area contributed by atoms with Gasteiger partial charge in [-0.15, -0.1) is 0 Å². The third-order valence-electron chi connectivity index (χ3n) is 7.62. The highest BCUT2D eigenvalue weighted by atomic mass is 16.7. The standard InChI is InChI=1S/C35H61NO8/c1-3-5-7-9-11-13-15-17-19-21-23-25-31(39)36-28(27-43-35-34(42)33(41)32(40)30(26-37)44-35)29(38)24-22-20-18-16-14-12-10-8-6-4-2/h6,8-9,11,14,16,22,24,28-30,32-35,37-38,40-42H,3-5,7,10,12-13,15,17-21,23,25-27H2,1-2H3,(H,36,39)/b8-6+,11-9-,16-14+,24-22+. The van der Waals surface area contributed by atoms with E-state index < -0.39 is 49.5 Å². The number of allylic oxidation sites excluding steroid dienone is 7. The summed E-state index contributed by atoms with van der Waals surface area (Å²) >= 11 is 0. The molecule has 0 aromatic rings. The Morgan fingerprint density at radius 2 is 1.36 bits per heavy atom. The van der Waals surface area contributed by atoms with Crippen LogP contribution in [-0.2, 0) is 14.3 Å². The molecule has 1 amide bonds. The molecular weight excluding hydrogens is 562 g/mol. The monoisotopic (exact) mass is 623 g/mol. The molecule has 0 radical (unpaired) electrons. The fourth-order valence-corrected chi connectivity index (χ4v) is 4.82. The number of rotatable bonds is 25. The quantitative estimate of drug-likeness (QED) is 0.0630. The number of unbranched alkanes of at least 4 members (excludes halogenated alkanes) is 9. The summed E-state index contributed by atoms with van der Waals surface area (Å²) in [6.07, 6.45) is 23.1. The largest absolute Gasteiger partial charge is 0.394 e. The molecule has 0 saturated carbocycles. The van der Waals surface area contributed by atoms with Crippen molar-refractivity contribution in [3.8, 4) is 0 Å². The van der Waals surface area contributed by atoms with E-state index in [9.17, 15) is 30.3 Å². The van der Waals surface area contributed by atoms with Crippen LogP contribution in [0, 0.1) is 0 Å². The molecule has 9 heteroatoms. The average Bonchev–Trinajstić information content (AvgIpc) is 3.02. The van der Waals surface area contributed by atoms with E-state index in [2.05, 4.69) is 55.6 Å². The fourth-order valence-electron chi connectivity index (χ4n) is 4.82. The number of hydrogen-bond acceptors (Lipinski definition) is 8. The van der Waals surface area contributed by atoms with Crippen molar-refractivity contribution >= 4 is 5.91 Å². The van der Waals surface area contributed by atoms with Crippen molar-refractivity contribution in [2.75, 3.05) is 13.2 Å². The van der Waals surface area contributed by atoms with Crippen LogP contribution in [0.2, 0.25) is 0 Å². The number of aliphatic hydroxyl groups is 5. The minimum Gasteiger partial charge on any atom is -0.394 e. The zero-order valence-electron chi connectivity index (χ0n) is 27.1. The van der Waals surface area contributed by atoms with Crippen LogP contribution in [0.4, 0.5) is 0 Å². The summed E-state index contributed by atoms with van der Waals surface area (Å²) in [6, 6.07) is -0.827. The van der Waals surface area contributed by atoms with Crippen molar-refractivity contribution in [3.05, 3.63) is 48.6 Å². The molecule has 7 unspecified atom stereocenters. The van der Waals surface area contributed by atoms with Crippen molar-refractivity contribution < 1.29 is 39.8 Å². The summed E-state index contributed by atoms with van der Waals surface area (Å²) in [5, 5.41) is 53.6. The summed E-state index contributed by atoms with van der Waals surface area (Å²) in [5.74, 6) is -0.209. The summed E-state index contributed by atoms with van der Waals surface area (Å²) in [6.45, 7) is 3.52. The second-order valence-corrected chi connectivity index (χ2v) is 11.5. The van der Waals surface area contributed by atoms with Gasteiger partial charge in [-0.05, 0) is 57.8 Å². The van der Waals surface area contributed by atoms with Gasteiger partial charge in [-0.25, -0.2) is 0 Å². The molecule has 6 N–H and O–H groups in total. The van der Waals surface area contributed by atoms with Crippen molar-refractivity contribution in [1.82, 2.24) is 5.32 Å². The van der Waals surface area contributed by atoms with Gasteiger partial charge in [0.2, 0.25) is 5.91 Å². The van der Waals surface area contributed by atoms with Gasteiger partial charge in [0, 0.05) is 6.42 Å². The van der Waals surface area contributed by atoms with E-state index in [0.717, 1.165) is 77.0 Å². The van der Waals surface area contributed by atoms with Crippen molar-refractivity contribution in [2.24, 2.45) is 0 Å². The Morgan fingerprint density at radius 1 is 0.773 bits per heavy atom. The molecule has 1 saturated heterocycles. The van der Waals surface area contributed by atoms with Crippen molar-refractivity contribution in [1.29, 1.82) is 0 Å². The smallest absolute Gasteiger partial charge is 0.220 e. The Kier molecular flexibility index (Phi) is 24.1. The first-order chi connectivity index (χ1) is 21.3. The third kappa shape index (κ3) is 18.2. The maximum absolute atomic E-state index is 12.8. The van der Waals surface area contributed by atoms with Gasteiger partial charge in [0.15, 0.2) is 6.29 Å². The highest BCUT2D eigenvalue weighted by Crippen LogP contribution is 2.22. The molecule has 0 aromatic carbocycles. The highest BCUT2D eigenvalue weighted by Gasteiger charge is 2.44. The van der Waals surface area contributed by atoms with Crippen LogP contribution < -0.4 is 5.32 Å². The number of amides is 1. The van der Waals surface area contributed by atoms with Crippen LogP contribution in [0.5, 0.6) is 0 Å². The van der Waals surface area contributed by atoms with Gasteiger partial charge in [-0.3, -0.25) is 4.79 Å². The molecule has 7 atom stereocenters. The van der Waals surface area contributed by atoms with Crippen LogP contribution in [0.1, 0.15) is 110 Å². The van der Waals surface area contributed by atoms with Gasteiger partial charge in [-0.1, -0.05) is 94.6 Å². The number of carbonyl (C=O) groups excluding carboxylic acids is 1. The Balaban J connectivity index is 2.57. The van der Waals surface area contributed by atoms with E-state index >= 15 is 0 Å². The minimum atomic E-state index is -1.57. The predicted molar refractivity (Wildman–Crippen MR) is 175 cm³/mol.